The average molecular weight is 547 g/mol. The molecule has 1 aromatic heterocycles. The van der Waals surface area contributed by atoms with Crippen LogP contribution in [0.15, 0.2) is 30.5 Å². The summed E-state index contributed by atoms with van der Waals surface area (Å²) < 4.78 is 29.3. The van der Waals surface area contributed by atoms with E-state index >= 15 is 0 Å². The van der Waals surface area contributed by atoms with Gasteiger partial charge in [0.2, 0.25) is 0 Å². The third-order valence-corrected chi connectivity index (χ3v) is 15.0. The van der Waals surface area contributed by atoms with E-state index in [1.165, 1.54) is 13.2 Å². The molecule has 0 unspecified atom stereocenters. The zero-order valence-electron chi connectivity index (χ0n) is 23.4. The molecule has 2 amide bonds. The molecule has 1 aromatic carbocycles. The van der Waals surface area contributed by atoms with Crippen LogP contribution in [0, 0.1) is 0 Å². The Balaban J connectivity index is 1.51. The summed E-state index contributed by atoms with van der Waals surface area (Å²) in [5.41, 5.74) is 2.45. The predicted octanol–water partition coefficient (Wildman–Crippen LogP) is 4.43. The molecule has 0 fully saturated rings. The number of imidazole rings is 1. The number of unbranched alkanes of at least 4 members (excludes halogenated alkanes) is 5. The van der Waals surface area contributed by atoms with E-state index in [4.69, 9.17) is 0 Å². The molecule has 10 heteroatoms. The summed E-state index contributed by atoms with van der Waals surface area (Å²) in [5, 5.41) is -0.0394. The number of aromatic nitrogens is 2. The molecular formula is C27H42N4O4SSi. The molecule has 3 rings (SSSR count). The Morgan fingerprint density at radius 2 is 1.41 bits per heavy atom. The Labute approximate surface area is 223 Å². The van der Waals surface area contributed by atoms with Gasteiger partial charge < -0.3 is 0 Å². The van der Waals surface area contributed by atoms with Gasteiger partial charge >= 0.3 is 10.2 Å². The molecule has 2 heterocycles. The van der Waals surface area contributed by atoms with Crippen LogP contribution >= 0.6 is 0 Å². The first-order valence-corrected chi connectivity index (χ1v) is 17.6. The highest BCUT2D eigenvalue weighted by molar-refractivity contribution is 7.87. The van der Waals surface area contributed by atoms with E-state index in [1.807, 2.05) is 0 Å². The van der Waals surface area contributed by atoms with Crippen molar-refractivity contribution in [2.24, 2.45) is 0 Å². The molecule has 0 radical (unpaired) electrons. The SMILES string of the molecule is CN(C)S(=O)(=O)n1c(CCCCCCCCN2C(=O)c3ccccc3C2=O)cnc1[Si](C)(C)C(C)(C)C. The van der Waals surface area contributed by atoms with E-state index in [0.29, 0.717) is 29.5 Å². The standard InChI is InChI=1S/C27H42N4O4SSi/c1-27(2,3)37(6,7)26-28-20-21(31(26)36(34,35)29(4)5)16-12-10-8-9-11-15-19-30-24(32)22-17-13-14-18-23(22)25(30)33/h13-14,17-18,20H,8-12,15-16,19H2,1-7H3. The van der Waals surface area contributed by atoms with Gasteiger partial charge in [0.05, 0.1) is 16.8 Å². The fourth-order valence-corrected chi connectivity index (χ4v) is 8.21. The van der Waals surface area contributed by atoms with E-state index in [0.717, 1.165) is 44.2 Å². The van der Waals surface area contributed by atoms with Crippen LogP contribution in [0.1, 0.15) is 85.7 Å². The lowest BCUT2D eigenvalue weighted by molar-refractivity contribution is 0.0651. The fourth-order valence-electron chi connectivity index (χ4n) is 4.44. The number of hydrogen-bond donors (Lipinski definition) is 0. The lowest BCUT2D eigenvalue weighted by atomic mass is 10.1. The molecule has 0 spiro atoms. The summed E-state index contributed by atoms with van der Waals surface area (Å²) in [5.74, 6) is -0.385. The summed E-state index contributed by atoms with van der Waals surface area (Å²) in [4.78, 5) is 30.9. The highest BCUT2D eigenvalue weighted by atomic mass is 32.2. The van der Waals surface area contributed by atoms with E-state index in [1.54, 1.807) is 44.6 Å². The zero-order valence-corrected chi connectivity index (χ0v) is 25.2. The number of aryl methyl sites for hydroxylation is 1. The van der Waals surface area contributed by atoms with Crippen LogP contribution < -0.4 is 5.45 Å². The van der Waals surface area contributed by atoms with Crippen LogP contribution in [0.2, 0.25) is 18.1 Å². The average Bonchev–Trinajstić information content (AvgIpc) is 3.36. The topological polar surface area (TPSA) is 92.6 Å². The normalized spacial score (nSPS) is 14.6. The Morgan fingerprint density at radius 3 is 1.92 bits per heavy atom. The highest BCUT2D eigenvalue weighted by Crippen LogP contribution is 2.35. The maximum Gasteiger partial charge on any atom is 0.308 e. The molecule has 2 aromatic rings. The van der Waals surface area contributed by atoms with Crippen molar-refractivity contribution in [2.75, 3.05) is 20.6 Å². The fraction of sp³-hybridized carbons (Fsp3) is 0.593. The quantitative estimate of drug-likeness (QED) is 0.223. The molecule has 37 heavy (non-hydrogen) atoms. The lowest BCUT2D eigenvalue weighted by Crippen LogP contribution is -2.56. The molecule has 0 N–H and O–H groups in total. The molecule has 204 valence electrons. The number of carbonyl (C=O) groups is 2. The second kappa shape index (κ2) is 11.2. The summed E-state index contributed by atoms with van der Waals surface area (Å²) in [6.45, 7) is 11.3. The van der Waals surface area contributed by atoms with Gasteiger partial charge in [-0.05, 0) is 36.4 Å². The van der Waals surface area contributed by atoms with E-state index in [9.17, 15) is 18.0 Å². The number of hydrogen-bond acceptors (Lipinski definition) is 5. The van der Waals surface area contributed by atoms with Crippen molar-refractivity contribution in [1.82, 2.24) is 18.2 Å². The van der Waals surface area contributed by atoms with Crippen LogP contribution in [-0.2, 0) is 16.6 Å². The minimum absolute atomic E-state index is 0.0394. The Hall–Kier alpha value is -2.30. The Morgan fingerprint density at radius 1 is 0.892 bits per heavy atom. The first-order valence-electron chi connectivity index (χ1n) is 13.2. The summed E-state index contributed by atoms with van der Waals surface area (Å²) in [6, 6.07) is 6.98. The smallest absolute Gasteiger partial charge is 0.274 e. The van der Waals surface area contributed by atoms with Crippen LogP contribution in [0.4, 0.5) is 0 Å². The summed E-state index contributed by atoms with van der Waals surface area (Å²) >= 11 is 0. The van der Waals surface area contributed by atoms with Gasteiger partial charge in [0.1, 0.15) is 13.5 Å². The largest absolute Gasteiger partial charge is 0.308 e. The number of amides is 2. The number of imide groups is 1. The summed E-state index contributed by atoms with van der Waals surface area (Å²) in [6.07, 6.45) is 8.02. The molecular weight excluding hydrogens is 504 g/mol. The molecule has 1 aliphatic rings. The first kappa shape index (κ1) is 29.3. The zero-order chi connectivity index (χ0) is 27.6. The number of benzene rings is 1. The van der Waals surface area contributed by atoms with Crippen molar-refractivity contribution >= 4 is 35.5 Å². The monoisotopic (exact) mass is 546 g/mol. The van der Waals surface area contributed by atoms with Gasteiger partial charge in [-0.15, -0.1) is 0 Å². The summed E-state index contributed by atoms with van der Waals surface area (Å²) in [7, 11) is -2.71. The lowest BCUT2D eigenvalue weighted by Gasteiger charge is -2.36. The minimum atomic E-state index is -3.67. The van der Waals surface area contributed by atoms with Crippen LogP contribution in [-0.4, -0.2) is 67.1 Å². The molecule has 0 aliphatic carbocycles. The maximum absolute atomic E-state index is 13.3. The number of nitrogens with zero attached hydrogens (tertiary/aromatic N) is 4. The van der Waals surface area contributed by atoms with Gasteiger partial charge in [-0.2, -0.15) is 12.7 Å². The number of fused-ring (bicyclic) bond motifs is 1. The van der Waals surface area contributed by atoms with Gasteiger partial charge in [0.25, 0.3) is 11.8 Å². The van der Waals surface area contributed by atoms with E-state index in [-0.39, 0.29) is 16.9 Å². The second-order valence-electron chi connectivity index (χ2n) is 11.7. The van der Waals surface area contributed by atoms with Crippen molar-refractivity contribution in [1.29, 1.82) is 0 Å². The van der Waals surface area contributed by atoms with Crippen LogP contribution in [0.5, 0.6) is 0 Å². The van der Waals surface area contributed by atoms with Crippen molar-refractivity contribution < 1.29 is 18.0 Å². The Bertz CT molecular complexity index is 1210. The van der Waals surface area contributed by atoms with Gasteiger partial charge in [-0.1, -0.05) is 71.7 Å². The van der Waals surface area contributed by atoms with Crippen molar-refractivity contribution in [2.45, 2.75) is 83.8 Å². The molecule has 8 nitrogen and oxygen atoms in total. The van der Waals surface area contributed by atoms with Crippen molar-refractivity contribution in [3.63, 3.8) is 0 Å². The van der Waals surface area contributed by atoms with Gasteiger partial charge in [-0.3, -0.25) is 14.5 Å². The molecule has 0 saturated carbocycles. The van der Waals surface area contributed by atoms with E-state index in [2.05, 4.69) is 38.8 Å². The number of rotatable bonds is 12. The van der Waals surface area contributed by atoms with Crippen molar-refractivity contribution in [3.8, 4) is 0 Å². The van der Waals surface area contributed by atoms with Crippen LogP contribution in [0.3, 0.4) is 0 Å². The van der Waals surface area contributed by atoms with Crippen molar-refractivity contribution in [3.05, 3.63) is 47.3 Å². The van der Waals surface area contributed by atoms with Gasteiger partial charge in [0, 0.05) is 26.8 Å². The second-order valence-corrected chi connectivity index (χ2v) is 18.9. The maximum atomic E-state index is 13.3. The van der Waals surface area contributed by atoms with E-state index < -0.39 is 18.3 Å². The highest BCUT2D eigenvalue weighted by Gasteiger charge is 2.43. The third-order valence-electron chi connectivity index (χ3n) is 7.86. The van der Waals surface area contributed by atoms with Gasteiger partial charge in [0.15, 0.2) is 0 Å². The Kier molecular flexibility index (Phi) is 8.86. The third kappa shape index (κ3) is 5.91. The molecule has 0 bridgehead atoms. The predicted molar refractivity (Wildman–Crippen MR) is 150 cm³/mol. The molecule has 0 saturated heterocycles. The molecule has 1 aliphatic heterocycles. The first-order chi connectivity index (χ1) is 17.2. The molecule has 0 atom stereocenters. The number of carbonyl (C=O) groups excluding carboxylic acids is 2. The van der Waals surface area contributed by atoms with Gasteiger partial charge in [-0.25, -0.2) is 8.96 Å². The minimum Gasteiger partial charge on any atom is -0.274 e. The van der Waals surface area contributed by atoms with Crippen LogP contribution in [0.25, 0.3) is 0 Å².